The molecule has 0 aromatic carbocycles. The lowest BCUT2D eigenvalue weighted by Crippen LogP contribution is -2.33. The summed E-state index contributed by atoms with van der Waals surface area (Å²) in [7, 11) is 0. The van der Waals surface area contributed by atoms with E-state index < -0.39 is 0 Å². The van der Waals surface area contributed by atoms with Crippen LogP contribution in [0.15, 0.2) is 12.2 Å². The Labute approximate surface area is 77.6 Å². The van der Waals surface area contributed by atoms with E-state index in [1.54, 1.807) is 0 Å². The lowest BCUT2D eigenvalue weighted by Gasteiger charge is -2.33. The van der Waals surface area contributed by atoms with Gasteiger partial charge in [-0.3, -0.25) is 0 Å². The molecule has 1 saturated carbocycles. The van der Waals surface area contributed by atoms with Crippen molar-refractivity contribution >= 4 is 23.2 Å². The Morgan fingerprint density at radius 1 is 1.55 bits per heavy atom. The molecular formula is C9H12Cl2. The minimum absolute atomic E-state index is 0.155. The standard InChI is InChI=1S/C9H12Cl2/c1-9(5-10)7-3-2-6(4-7)8(9)11/h2-3,6-8H,4-5H2,1H3. The fourth-order valence-corrected chi connectivity index (χ4v) is 3.17. The van der Waals surface area contributed by atoms with Crippen LogP contribution in [0, 0.1) is 17.3 Å². The van der Waals surface area contributed by atoms with E-state index in [0.717, 1.165) is 0 Å². The predicted octanol–water partition coefficient (Wildman–Crippen LogP) is 3.04. The van der Waals surface area contributed by atoms with Gasteiger partial charge in [-0.1, -0.05) is 19.1 Å². The minimum Gasteiger partial charge on any atom is -0.126 e. The molecule has 2 bridgehead atoms. The summed E-state index contributed by atoms with van der Waals surface area (Å²) in [5.41, 5.74) is 0.155. The average molecular weight is 191 g/mol. The van der Waals surface area contributed by atoms with Crippen LogP contribution in [0.4, 0.5) is 0 Å². The van der Waals surface area contributed by atoms with Gasteiger partial charge in [0.2, 0.25) is 0 Å². The number of alkyl halides is 2. The molecule has 2 rings (SSSR count). The summed E-state index contributed by atoms with van der Waals surface area (Å²) < 4.78 is 0. The van der Waals surface area contributed by atoms with Crippen molar-refractivity contribution in [3.8, 4) is 0 Å². The highest BCUT2D eigenvalue weighted by molar-refractivity contribution is 6.23. The first-order valence-corrected chi connectivity index (χ1v) is 5.04. The molecule has 0 aromatic heterocycles. The first-order valence-electron chi connectivity index (χ1n) is 4.07. The molecule has 0 N–H and O–H groups in total. The van der Waals surface area contributed by atoms with Crippen LogP contribution in [0.3, 0.4) is 0 Å². The molecule has 0 radical (unpaired) electrons. The van der Waals surface area contributed by atoms with Gasteiger partial charge >= 0.3 is 0 Å². The average Bonchev–Trinajstić information content (AvgIpc) is 2.56. The molecule has 2 heteroatoms. The van der Waals surface area contributed by atoms with E-state index in [1.165, 1.54) is 6.42 Å². The van der Waals surface area contributed by atoms with Crippen LogP contribution in [0.2, 0.25) is 0 Å². The molecule has 2 aliphatic rings. The van der Waals surface area contributed by atoms with Crippen molar-refractivity contribution in [2.45, 2.75) is 18.7 Å². The second-order valence-electron chi connectivity index (χ2n) is 3.93. The van der Waals surface area contributed by atoms with Crippen molar-refractivity contribution in [1.82, 2.24) is 0 Å². The highest BCUT2D eigenvalue weighted by atomic mass is 35.5. The van der Waals surface area contributed by atoms with Crippen molar-refractivity contribution in [3.05, 3.63) is 12.2 Å². The van der Waals surface area contributed by atoms with Gasteiger partial charge in [0.05, 0.1) is 0 Å². The van der Waals surface area contributed by atoms with Crippen LogP contribution >= 0.6 is 23.2 Å². The number of halogens is 2. The highest BCUT2D eigenvalue weighted by Crippen LogP contribution is 2.54. The van der Waals surface area contributed by atoms with Gasteiger partial charge in [-0.2, -0.15) is 0 Å². The quantitative estimate of drug-likeness (QED) is 0.441. The summed E-state index contributed by atoms with van der Waals surface area (Å²) in [5, 5.41) is 0.259. The van der Waals surface area contributed by atoms with Gasteiger partial charge in [-0.05, 0) is 18.3 Å². The Hall–Kier alpha value is 0.320. The largest absolute Gasteiger partial charge is 0.126 e. The van der Waals surface area contributed by atoms with E-state index in [0.29, 0.717) is 17.7 Å². The maximum atomic E-state index is 6.28. The summed E-state index contributed by atoms with van der Waals surface area (Å²) >= 11 is 12.2. The fourth-order valence-electron chi connectivity index (χ4n) is 2.30. The monoisotopic (exact) mass is 190 g/mol. The third kappa shape index (κ3) is 0.891. The summed E-state index contributed by atoms with van der Waals surface area (Å²) in [6.07, 6.45) is 5.75. The second-order valence-corrected chi connectivity index (χ2v) is 4.67. The molecule has 11 heavy (non-hydrogen) atoms. The molecule has 0 spiro atoms. The topological polar surface area (TPSA) is 0 Å². The third-order valence-corrected chi connectivity index (χ3v) is 4.66. The lowest BCUT2D eigenvalue weighted by atomic mass is 9.79. The van der Waals surface area contributed by atoms with E-state index in [9.17, 15) is 0 Å². The lowest BCUT2D eigenvalue weighted by molar-refractivity contribution is 0.311. The molecular weight excluding hydrogens is 179 g/mol. The van der Waals surface area contributed by atoms with Crippen molar-refractivity contribution < 1.29 is 0 Å². The van der Waals surface area contributed by atoms with E-state index in [1.807, 2.05) is 0 Å². The highest BCUT2D eigenvalue weighted by Gasteiger charge is 2.51. The first-order chi connectivity index (χ1) is 5.18. The molecule has 1 fully saturated rings. The summed E-state index contributed by atoms with van der Waals surface area (Å²) in [4.78, 5) is 0. The minimum atomic E-state index is 0.155. The molecule has 4 atom stereocenters. The number of fused-ring (bicyclic) bond motifs is 2. The maximum absolute atomic E-state index is 6.28. The van der Waals surface area contributed by atoms with E-state index in [4.69, 9.17) is 23.2 Å². The van der Waals surface area contributed by atoms with Crippen molar-refractivity contribution in [2.75, 3.05) is 5.88 Å². The number of allylic oxidation sites excluding steroid dienone is 2. The fraction of sp³-hybridized carbons (Fsp3) is 0.778. The van der Waals surface area contributed by atoms with Crippen molar-refractivity contribution in [2.24, 2.45) is 17.3 Å². The van der Waals surface area contributed by atoms with Crippen LogP contribution in [0.1, 0.15) is 13.3 Å². The molecule has 62 valence electrons. The SMILES string of the molecule is CC1(CCl)C2C=CC(C2)C1Cl. The molecule has 0 aliphatic heterocycles. The molecule has 0 amide bonds. The summed E-state index contributed by atoms with van der Waals surface area (Å²) in [6, 6.07) is 0. The number of hydrogen-bond acceptors (Lipinski definition) is 0. The Morgan fingerprint density at radius 2 is 2.27 bits per heavy atom. The van der Waals surface area contributed by atoms with E-state index in [2.05, 4.69) is 19.1 Å². The summed E-state index contributed by atoms with van der Waals surface area (Å²) in [5.74, 6) is 1.91. The smallest absolute Gasteiger partial charge is 0.0469 e. The molecule has 2 aliphatic carbocycles. The van der Waals surface area contributed by atoms with Gasteiger partial charge < -0.3 is 0 Å². The normalized spacial score (nSPS) is 53.9. The van der Waals surface area contributed by atoms with Crippen molar-refractivity contribution in [3.63, 3.8) is 0 Å². The molecule has 0 aromatic rings. The van der Waals surface area contributed by atoms with Crippen LogP contribution in [-0.4, -0.2) is 11.3 Å². The number of hydrogen-bond donors (Lipinski definition) is 0. The van der Waals surface area contributed by atoms with Crippen LogP contribution in [0.25, 0.3) is 0 Å². The van der Waals surface area contributed by atoms with Gasteiger partial charge in [0.1, 0.15) is 0 Å². The van der Waals surface area contributed by atoms with Crippen molar-refractivity contribution in [1.29, 1.82) is 0 Å². The van der Waals surface area contributed by atoms with Crippen LogP contribution in [0.5, 0.6) is 0 Å². The van der Waals surface area contributed by atoms with E-state index >= 15 is 0 Å². The Balaban J connectivity index is 2.31. The van der Waals surface area contributed by atoms with Gasteiger partial charge in [0.25, 0.3) is 0 Å². The molecule has 0 heterocycles. The predicted molar refractivity (Wildman–Crippen MR) is 49.2 cm³/mol. The first kappa shape index (κ1) is 7.94. The van der Waals surface area contributed by atoms with Gasteiger partial charge in [0, 0.05) is 16.7 Å². The zero-order valence-corrected chi connectivity index (χ0v) is 8.07. The maximum Gasteiger partial charge on any atom is 0.0469 e. The molecule has 4 unspecified atom stereocenters. The van der Waals surface area contributed by atoms with Gasteiger partial charge in [-0.15, -0.1) is 23.2 Å². The summed E-state index contributed by atoms with van der Waals surface area (Å²) in [6.45, 7) is 2.20. The van der Waals surface area contributed by atoms with Crippen LogP contribution in [-0.2, 0) is 0 Å². The van der Waals surface area contributed by atoms with Crippen LogP contribution < -0.4 is 0 Å². The third-order valence-electron chi connectivity index (χ3n) is 3.26. The second kappa shape index (κ2) is 2.40. The van der Waals surface area contributed by atoms with E-state index in [-0.39, 0.29) is 10.8 Å². The molecule has 0 saturated heterocycles. The zero-order valence-electron chi connectivity index (χ0n) is 6.56. The Kier molecular flexibility index (Phi) is 1.73. The van der Waals surface area contributed by atoms with Gasteiger partial charge in [-0.25, -0.2) is 0 Å². The Bertz CT molecular complexity index is 200. The zero-order chi connectivity index (χ0) is 8.06. The molecule has 0 nitrogen and oxygen atoms in total. The number of rotatable bonds is 1. The Morgan fingerprint density at radius 3 is 2.64 bits per heavy atom. The van der Waals surface area contributed by atoms with Gasteiger partial charge in [0.15, 0.2) is 0 Å².